The summed E-state index contributed by atoms with van der Waals surface area (Å²) in [6, 6.07) is 10.9. The molecule has 0 saturated heterocycles. The molecule has 0 fully saturated rings. The molecule has 114 valence electrons. The van der Waals surface area contributed by atoms with Crippen molar-refractivity contribution in [3.05, 3.63) is 48.2 Å². The standard InChI is InChI=1S/C16H16N2O3S/c1-11-7-8-16(22(19,20)21-3)13(9-11)12-5-4-6-15-14(12)10-17-18(15)2/h4-10H,1-3H3. The molecule has 0 aliphatic carbocycles. The highest BCUT2D eigenvalue weighted by Gasteiger charge is 2.20. The average Bonchev–Trinajstić information content (AvgIpc) is 2.88. The molecule has 3 aromatic rings. The van der Waals surface area contributed by atoms with Gasteiger partial charge in [-0.15, -0.1) is 0 Å². The first-order valence-electron chi connectivity index (χ1n) is 6.76. The Morgan fingerprint density at radius 1 is 1.14 bits per heavy atom. The molecule has 1 aromatic heterocycles. The van der Waals surface area contributed by atoms with Crippen molar-refractivity contribution < 1.29 is 12.6 Å². The quantitative estimate of drug-likeness (QED) is 0.697. The van der Waals surface area contributed by atoms with E-state index in [9.17, 15) is 8.42 Å². The molecule has 2 aromatic carbocycles. The SMILES string of the molecule is COS(=O)(=O)c1ccc(C)cc1-c1cccc2c1cnn2C. The van der Waals surface area contributed by atoms with Crippen LogP contribution in [0, 0.1) is 6.92 Å². The molecule has 5 nitrogen and oxygen atoms in total. The molecular weight excluding hydrogens is 300 g/mol. The lowest BCUT2D eigenvalue weighted by Crippen LogP contribution is -2.05. The minimum atomic E-state index is -3.78. The van der Waals surface area contributed by atoms with E-state index >= 15 is 0 Å². The van der Waals surface area contributed by atoms with Gasteiger partial charge in [0.15, 0.2) is 0 Å². The van der Waals surface area contributed by atoms with E-state index in [-0.39, 0.29) is 4.90 Å². The van der Waals surface area contributed by atoms with Gasteiger partial charge in [-0.3, -0.25) is 8.86 Å². The van der Waals surface area contributed by atoms with Crippen LogP contribution in [0.2, 0.25) is 0 Å². The van der Waals surface area contributed by atoms with Gasteiger partial charge < -0.3 is 0 Å². The van der Waals surface area contributed by atoms with Crippen LogP contribution < -0.4 is 0 Å². The Morgan fingerprint density at radius 3 is 2.64 bits per heavy atom. The summed E-state index contributed by atoms with van der Waals surface area (Å²) in [5.74, 6) is 0. The van der Waals surface area contributed by atoms with Gasteiger partial charge in [-0.1, -0.05) is 29.8 Å². The third kappa shape index (κ3) is 2.30. The van der Waals surface area contributed by atoms with E-state index in [2.05, 4.69) is 5.10 Å². The number of nitrogens with zero attached hydrogens (tertiary/aromatic N) is 2. The molecule has 0 bridgehead atoms. The zero-order chi connectivity index (χ0) is 15.9. The van der Waals surface area contributed by atoms with Gasteiger partial charge >= 0.3 is 0 Å². The minimum Gasteiger partial charge on any atom is -0.270 e. The van der Waals surface area contributed by atoms with Gasteiger partial charge in [0.05, 0.1) is 18.8 Å². The van der Waals surface area contributed by atoms with Crippen LogP contribution in [0.3, 0.4) is 0 Å². The van der Waals surface area contributed by atoms with E-state index in [1.165, 1.54) is 7.11 Å². The van der Waals surface area contributed by atoms with Crippen molar-refractivity contribution in [2.24, 2.45) is 7.05 Å². The highest BCUT2D eigenvalue weighted by atomic mass is 32.2. The Balaban J connectivity index is 2.38. The molecule has 0 N–H and O–H groups in total. The normalized spacial score (nSPS) is 12.0. The van der Waals surface area contributed by atoms with Gasteiger partial charge in [-0.05, 0) is 24.6 Å². The Bertz CT molecular complexity index is 959. The van der Waals surface area contributed by atoms with Crippen molar-refractivity contribution >= 4 is 21.0 Å². The first-order chi connectivity index (χ1) is 10.4. The lowest BCUT2D eigenvalue weighted by atomic mass is 10.0. The van der Waals surface area contributed by atoms with Crippen LogP contribution in [0.15, 0.2) is 47.5 Å². The Labute approximate surface area is 129 Å². The summed E-state index contributed by atoms with van der Waals surface area (Å²) in [7, 11) is -0.756. The Morgan fingerprint density at radius 2 is 1.91 bits per heavy atom. The molecule has 0 spiro atoms. The van der Waals surface area contributed by atoms with Gasteiger partial charge in [0, 0.05) is 18.0 Å². The fourth-order valence-electron chi connectivity index (χ4n) is 2.57. The predicted octanol–water partition coefficient (Wildman–Crippen LogP) is 2.88. The topological polar surface area (TPSA) is 61.2 Å². The molecule has 0 saturated carbocycles. The van der Waals surface area contributed by atoms with Crippen molar-refractivity contribution in [3.63, 3.8) is 0 Å². The molecule has 0 aliphatic rings. The number of fused-ring (bicyclic) bond motifs is 1. The highest BCUT2D eigenvalue weighted by molar-refractivity contribution is 7.86. The van der Waals surface area contributed by atoms with Crippen LogP contribution in [0.1, 0.15) is 5.56 Å². The Kier molecular flexibility index (Phi) is 3.50. The van der Waals surface area contributed by atoms with Crippen molar-refractivity contribution in [1.29, 1.82) is 0 Å². The van der Waals surface area contributed by atoms with Crippen LogP contribution >= 0.6 is 0 Å². The van der Waals surface area contributed by atoms with Crippen LogP contribution in [0.4, 0.5) is 0 Å². The van der Waals surface area contributed by atoms with E-state index in [0.717, 1.165) is 22.0 Å². The van der Waals surface area contributed by atoms with E-state index in [0.29, 0.717) is 5.56 Å². The fraction of sp³-hybridized carbons (Fsp3) is 0.188. The van der Waals surface area contributed by atoms with Crippen LogP contribution in [0.5, 0.6) is 0 Å². The second-order valence-electron chi connectivity index (χ2n) is 5.13. The first-order valence-corrected chi connectivity index (χ1v) is 8.17. The van der Waals surface area contributed by atoms with Crippen molar-refractivity contribution in [3.8, 4) is 11.1 Å². The van der Waals surface area contributed by atoms with Gasteiger partial charge in [0.25, 0.3) is 10.1 Å². The van der Waals surface area contributed by atoms with Gasteiger partial charge in [-0.25, -0.2) is 0 Å². The van der Waals surface area contributed by atoms with E-state index in [1.807, 2.05) is 38.2 Å². The monoisotopic (exact) mass is 316 g/mol. The zero-order valence-corrected chi connectivity index (χ0v) is 13.4. The van der Waals surface area contributed by atoms with E-state index < -0.39 is 10.1 Å². The maximum atomic E-state index is 12.2. The Hall–Kier alpha value is -2.18. The minimum absolute atomic E-state index is 0.164. The number of benzene rings is 2. The lowest BCUT2D eigenvalue weighted by Gasteiger charge is -2.11. The molecule has 0 unspecified atom stereocenters. The molecule has 0 aliphatic heterocycles. The maximum Gasteiger partial charge on any atom is 0.297 e. The molecule has 1 heterocycles. The molecule has 3 rings (SSSR count). The maximum absolute atomic E-state index is 12.2. The number of aryl methyl sites for hydroxylation is 2. The molecule has 0 atom stereocenters. The second kappa shape index (κ2) is 5.23. The second-order valence-corrected chi connectivity index (χ2v) is 6.81. The molecular formula is C16H16N2O3S. The van der Waals surface area contributed by atoms with Crippen LogP contribution in [-0.4, -0.2) is 25.3 Å². The molecule has 0 amide bonds. The average molecular weight is 316 g/mol. The fourth-order valence-corrected chi connectivity index (χ4v) is 3.43. The summed E-state index contributed by atoms with van der Waals surface area (Å²) in [5.41, 5.74) is 3.37. The summed E-state index contributed by atoms with van der Waals surface area (Å²) in [5, 5.41) is 5.16. The third-order valence-electron chi connectivity index (χ3n) is 3.71. The third-order valence-corrected chi connectivity index (χ3v) is 5.04. The van der Waals surface area contributed by atoms with Crippen molar-refractivity contribution in [2.45, 2.75) is 11.8 Å². The molecule has 6 heteroatoms. The number of rotatable bonds is 3. The number of aromatic nitrogens is 2. The summed E-state index contributed by atoms with van der Waals surface area (Å²) in [6.45, 7) is 1.93. The summed E-state index contributed by atoms with van der Waals surface area (Å²) in [4.78, 5) is 0.164. The summed E-state index contributed by atoms with van der Waals surface area (Å²) < 4.78 is 30.9. The van der Waals surface area contributed by atoms with Gasteiger partial charge in [0.1, 0.15) is 4.90 Å². The van der Waals surface area contributed by atoms with E-state index in [4.69, 9.17) is 4.18 Å². The largest absolute Gasteiger partial charge is 0.297 e. The predicted molar refractivity (Wildman–Crippen MR) is 85.1 cm³/mol. The van der Waals surface area contributed by atoms with Crippen LogP contribution in [0.25, 0.3) is 22.0 Å². The molecule has 0 radical (unpaired) electrons. The number of hydrogen-bond acceptors (Lipinski definition) is 4. The van der Waals surface area contributed by atoms with Gasteiger partial charge in [0.2, 0.25) is 0 Å². The van der Waals surface area contributed by atoms with E-state index in [1.54, 1.807) is 23.0 Å². The summed E-state index contributed by atoms with van der Waals surface area (Å²) in [6.07, 6.45) is 1.75. The highest BCUT2D eigenvalue weighted by Crippen LogP contribution is 2.34. The van der Waals surface area contributed by atoms with Crippen molar-refractivity contribution in [2.75, 3.05) is 7.11 Å². The zero-order valence-electron chi connectivity index (χ0n) is 12.6. The lowest BCUT2D eigenvalue weighted by molar-refractivity contribution is 0.398. The van der Waals surface area contributed by atoms with Crippen LogP contribution in [-0.2, 0) is 21.3 Å². The summed E-state index contributed by atoms with van der Waals surface area (Å²) >= 11 is 0. The smallest absolute Gasteiger partial charge is 0.270 e. The first kappa shape index (κ1) is 14.7. The van der Waals surface area contributed by atoms with Crippen molar-refractivity contribution in [1.82, 2.24) is 9.78 Å². The molecule has 22 heavy (non-hydrogen) atoms. The number of hydrogen-bond donors (Lipinski definition) is 0. The van der Waals surface area contributed by atoms with Gasteiger partial charge in [-0.2, -0.15) is 13.5 Å².